The Morgan fingerprint density at radius 3 is 2.63 bits per heavy atom. The Balaban J connectivity index is 2.28. The van der Waals surface area contributed by atoms with E-state index in [0.29, 0.717) is 22.4 Å². The van der Waals surface area contributed by atoms with Crippen LogP contribution in [0.2, 0.25) is 5.02 Å². The van der Waals surface area contributed by atoms with E-state index in [1.165, 1.54) is 0 Å². The summed E-state index contributed by atoms with van der Waals surface area (Å²) in [4.78, 5) is 7.93. The Bertz CT molecular complexity index is 591. The number of nitrogens with two attached hydrogens (primary N) is 2. The minimum atomic E-state index is 0.110. The molecular formula is C11H13ClN6O. The van der Waals surface area contributed by atoms with Crippen LogP contribution < -0.4 is 27.1 Å². The van der Waals surface area contributed by atoms with Gasteiger partial charge in [0.1, 0.15) is 17.4 Å². The SMILES string of the molecule is COc1cc(Nc2cc(NN)nc(N)n2)ccc1Cl. The summed E-state index contributed by atoms with van der Waals surface area (Å²) >= 11 is 5.95. The molecule has 1 aromatic carbocycles. The van der Waals surface area contributed by atoms with E-state index < -0.39 is 0 Å². The number of rotatable bonds is 4. The third-order valence-corrected chi connectivity index (χ3v) is 2.63. The second-order valence-electron chi connectivity index (χ2n) is 3.62. The van der Waals surface area contributed by atoms with Gasteiger partial charge >= 0.3 is 0 Å². The number of aromatic nitrogens is 2. The van der Waals surface area contributed by atoms with Gasteiger partial charge < -0.3 is 21.2 Å². The topological polar surface area (TPSA) is 111 Å². The lowest BCUT2D eigenvalue weighted by Crippen LogP contribution is -2.11. The van der Waals surface area contributed by atoms with E-state index in [1.807, 2.05) is 0 Å². The minimum absolute atomic E-state index is 0.110. The van der Waals surface area contributed by atoms with Crippen LogP contribution in [0.4, 0.5) is 23.3 Å². The van der Waals surface area contributed by atoms with Crippen molar-refractivity contribution in [2.75, 3.05) is 23.6 Å². The second-order valence-corrected chi connectivity index (χ2v) is 4.02. The molecule has 6 N–H and O–H groups in total. The van der Waals surface area contributed by atoms with E-state index in [4.69, 9.17) is 27.9 Å². The molecule has 0 saturated carbocycles. The fourth-order valence-electron chi connectivity index (χ4n) is 1.49. The van der Waals surface area contributed by atoms with Gasteiger partial charge in [0.2, 0.25) is 5.95 Å². The van der Waals surface area contributed by atoms with E-state index in [9.17, 15) is 0 Å². The molecular weight excluding hydrogens is 268 g/mol. The molecule has 7 nitrogen and oxygen atoms in total. The molecule has 8 heteroatoms. The van der Waals surface area contributed by atoms with Crippen LogP contribution >= 0.6 is 11.6 Å². The fourth-order valence-corrected chi connectivity index (χ4v) is 1.68. The first-order valence-corrected chi connectivity index (χ1v) is 5.72. The van der Waals surface area contributed by atoms with Crippen molar-refractivity contribution >= 4 is 34.9 Å². The molecule has 2 aromatic rings. The number of halogens is 1. The Morgan fingerprint density at radius 1 is 1.21 bits per heavy atom. The van der Waals surface area contributed by atoms with Gasteiger partial charge in [0.25, 0.3) is 0 Å². The van der Waals surface area contributed by atoms with Crippen LogP contribution in [0.1, 0.15) is 0 Å². The monoisotopic (exact) mass is 280 g/mol. The number of benzene rings is 1. The van der Waals surface area contributed by atoms with Crippen LogP contribution in [0.3, 0.4) is 0 Å². The Hall–Kier alpha value is -2.25. The van der Waals surface area contributed by atoms with Crippen molar-refractivity contribution < 1.29 is 4.74 Å². The molecule has 0 fully saturated rings. The van der Waals surface area contributed by atoms with E-state index >= 15 is 0 Å². The second kappa shape index (κ2) is 5.59. The van der Waals surface area contributed by atoms with E-state index in [0.717, 1.165) is 5.69 Å². The van der Waals surface area contributed by atoms with Crippen LogP contribution in [0.15, 0.2) is 24.3 Å². The number of ether oxygens (including phenoxy) is 1. The van der Waals surface area contributed by atoms with Crippen LogP contribution in [-0.2, 0) is 0 Å². The summed E-state index contributed by atoms with van der Waals surface area (Å²) in [5.74, 6) is 6.87. The molecule has 0 bridgehead atoms. The van der Waals surface area contributed by atoms with E-state index in [-0.39, 0.29) is 5.95 Å². The average Bonchev–Trinajstić information content (AvgIpc) is 2.40. The standard InChI is InChI=1S/C11H13ClN6O/c1-19-8-4-6(2-3-7(8)12)15-9-5-10(18-14)17-11(13)16-9/h2-5H,14H2,1H3,(H4,13,15,16,17,18). The molecule has 2 rings (SSSR count). The first-order valence-electron chi connectivity index (χ1n) is 5.34. The third kappa shape index (κ3) is 3.15. The molecule has 0 spiro atoms. The molecule has 1 heterocycles. The highest BCUT2D eigenvalue weighted by molar-refractivity contribution is 6.32. The number of nitrogen functional groups attached to an aromatic ring is 2. The molecule has 0 aliphatic heterocycles. The van der Waals surface area contributed by atoms with Crippen LogP contribution in [-0.4, -0.2) is 17.1 Å². The number of hydrogen-bond donors (Lipinski definition) is 4. The highest BCUT2D eigenvalue weighted by Gasteiger charge is 2.05. The van der Waals surface area contributed by atoms with Gasteiger partial charge in [-0.15, -0.1) is 0 Å². The maximum Gasteiger partial charge on any atom is 0.223 e. The van der Waals surface area contributed by atoms with E-state index in [2.05, 4.69) is 20.7 Å². The lowest BCUT2D eigenvalue weighted by atomic mass is 10.3. The molecule has 0 radical (unpaired) electrons. The van der Waals surface area contributed by atoms with Gasteiger partial charge in [0, 0.05) is 17.8 Å². The Morgan fingerprint density at radius 2 is 1.95 bits per heavy atom. The first-order chi connectivity index (χ1) is 9.12. The summed E-state index contributed by atoms with van der Waals surface area (Å²) in [5.41, 5.74) is 8.73. The van der Waals surface area contributed by atoms with Gasteiger partial charge in [-0.1, -0.05) is 11.6 Å². The molecule has 0 aliphatic rings. The Labute approximate surface area is 114 Å². The quantitative estimate of drug-likeness (QED) is 0.499. The highest BCUT2D eigenvalue weighted by atomic mass is 35.5. The summed E-state index contributed by atoms with van der Waals surface area (Å²) in [6, 6.07) is 6.88. The van der Waals surface area contributed by atoms with Crippen LogP contribution in [0.25, 0.3) is 0 Å². The summed E-state index contributed by atoms with van der Waals surface area (Å²) < 4.78 is 5.13. The maximum atomic E-state index is 5.95. The van der Waals surface area contributed by atoms with Crippen molar-refractivity contribution in [3.63, 3.8) is 0 Å². The fraction of sp³-hybridized carbons (Fsp3) is 0.0909. The van der Waals surface area contributed by atoms with Crippen molar-refractivity contribution in [3.8, 4) is 5.75 Å². The van der Waals surface area contributed by atoms with Crippen LogP contribution in [0.5, 0.6) is 5.75 Å². The molecule has 0 amide bonds. The van der Waals surface area contributed by atoms with Gasteiger partial charge in [-0.2, -0.15) is 9.97 Å². The summed E-state index contributed by atoms with van der Waals surface area (Å²) in [5, 5.41) is 3.58. The minimum Gasteiger partial charge on any atom is -0.495 e. The van der Waals surface area contributed by atoms with Gasteiger partial charge in [-0.25, -0.2) is 5.84 Å². The lowest BCUT2D eigenvalue weighted by molar-refractivity contribution is 0.415. The predicted octanol–water partition coefficient (Wildman–Crippen LogP) is 1.75. The molecule has 0 atom stereocenters. The maximum absolute atomic E-state index is 5.95. The van der Waals surface area contributed by atoms with Crippen molar-refractivity contribution in [2.24, 2.45) is 5.84 Å². The summed E-state index contributed by atoms with van der Waals surface area (Å²) in [7, 11) is 1.55. The molecule has 19 heavy (non-hydrogen) atoms. The van der Waals surface area contributed by atoms with E-state index in [1.54, 1.807) is 31.4 Å². The number of hydrazine groups is 1. The normalized spacial score (nSPS) is 10.1. The number of nitrogens with one attached hydrogen (secondary N) is 2. The largest absolute Gasteiger partial charge is 0.495 e. The zero-order valence-corrected chi connectivity index (χ0v) is 10.9. The first kappa shape index (κ1) is 13.2. The lowest BCUT2D eigenvalue weighted by Gasteiger charge is -2.10. The number of methoxy groups -OCH3 is 1. The molecule has 0 saturated heterocycles. The molecule has 0 aliphatic carbocycles. The van der Waals surface area contributed by atoms with Gasteiger partial charge in [0.15, 0.2) is 0 Å². The zero-order chi connectivity index (χ0) is 13.8. The number of nitrogens with zero attached hydrogens (tertiary/aromatic N) is 2. The number of hydrogen-bond acceptors (Lipinski definition) is 7. The van der Waals surface area contributed by atoms with Crippen molar-refractivity contribution in [1.82, 2.24) is 9.97 Å². The Kier molecular flexibility index (Phi) is 3.88. The highest BCUT2D eigenvalue weighted by Crippen LogP contribution is 2.29. The zero-order valence-electron chi connectivity index (χ0n) is 10.1. The molecule has 1 aromatic heterocycles. The smallest absolute Gasteiger partial charge is 0.223 e. The predicted molar refractivity (Wildman–Crippen MR) is 75.5 cm³/mol. The average molecular weight is 281 g/mol. The molecule has 0 unspecified atom stereocenters. The summed E-state index contributed by atoms with van der Waals surface area (Å²) in [6.07, 6.45) is 0. The van der Waals surface area contributed by atoms with Crippen molar-refractivity contribution in [2.45, 2.75) is 0 Å². The summed E-state index contributed by atoms with van der Waals surface area (Å²) in [6.45, 7) is 0. The molecule has 100 valence electrons. The van der Waals surface area contributed by atoms with Crippen LogP contribution in [0, 0.1) is 0 Å². The van der Waals surface area contributed by atoms with Crippen molar-refractivity contribution in [3.05, 3.63) is 29.3 Å². The number of anilines is 4. The van der Waals surface area contributed by atoms with Gasteiger partial charge in [-0.3, -0.25) is 0 Å². The van der Waals surface area contributed by atoms with Gasteiger partial charge in [0.05, 0.1) is 12.1 Å². The van der Waals surface area contributed by atoms with Gasteiger partial charge in [-0.05, 0) is 12.1 Å². The third-order valence-electron chi connectivity index (χ3n) is 2.31. The van der Waals surface area contributed by atoms with Crippen molar-refractivity contribution in [1.29, 1.82) is 0 Å².